The number of nitrogens with zero attached hydrogens (tertiary/aromatic N) is 1. The second-order valence-corrected chi connectivity index (χ2v) is 6.21. The minimum Gasteiger partial charge on any atom is -0.496 e. The Hall–Kier alpha value is -0.900. The zero-order valence-corrected chi connectivity index (χ0v) is 13.1. The minimum atomic E-state index is -3.13. The molecule has 0 saturated heterocycles. The van der Waals surface area contributed by atoms with E-state index in [1.54, 1.807) is 27.2 Å². The number of pyridine rings is 1. The predicted molar refractivity (Wildman–Crippen MR) is 74.8 cm³/mol. The fourth-order valence-corrected chi connectivity index (χ4v) is 3.67. The quantitative estimate of drug-likeness (QED) is 0.719. The second-order valence-electron chi connectivity index (χ2n) is 4.15. The molecule has 0 amide bonds. The third-order valence-electron chi connectivity index (χ3n) is 2.74. The van der Waals surface area contributed by atoms with E-state index in [2.05, 4.69) is 4.98 Å². The predicted octanol–water partition coefficient (Wildman–Crippen LogP) is 3.47. The summed E-state index contributed by atoms with van der Waals surface area (Å²) < 4.78 is 28.4. The molecule has 19 heavy (non-hydrogen) atoms. The highest BCUT2D eigenvalue weighted by atomic mass is 31.2. The molecule has 6 heteroatoms. The van der Waals surface area contributed by atoms with Crippen LogP contribution in [-0.4, -0.2) is 25.3 Å². The van der Waals surface area contributed by atoms with Crippen molar-refractivity contribution in [1.82, 2.24) is 4.98 Å². The van der Waals surface area contributed by atoms with Crippen LogP contribution in [0, 0.1) is 13.8 Å². The normalized spacial score (nSPS) is 11.6. The van der Waals surface area contributed by atoms with Crippen LogP contribution in [0.3, 0.4) is 0 Å². The van der Waals surface area contributed by atoms with Crippen molar-refractivity contribution in [3.05, 3.63) is 23.0 Å². The van der Waals surface area contributed by atoms with Crippen LogP contribution in [0.5, 0.6) is 5.75 Å². The van der Waals surface area contributed by atoms with Gasteiger partial charge in [-0.05, 0) is 27.7 Å². The van der Waals surface area contributed by atoms with Crippen molar-refractivity contribution in [3.8, 4) is 5.75 Å². The molecule has 0 bridgehead atoms. The lowest BCUT2D eigenvalue weighted by Crippen LogP contribution is -2.04. The van der Waals surface area contributed by atoms with E-state index in [-0.39, 0.29) is 6.16 Å². The Labute approximate surface area is 114 Å². The molecule has 0 radical (unpaired) electrons. The van der Waals surface area contributed by atoms with Crippen LogP contribution >= 0.6 is 7.60 Å². The number of methoxy groups -OCH3 is 1. The summed E-state index contributed by atoms with van der Waals surface area (Å²) in [5, 5.41) is 0. The van der Waals surface area contributed by atoms with Crippen molar-refractivity contribution >= 4 is 7.60 Å². The fourth-order valence-electron chi connectivity index (χ4n) is 1.94. The summed E-state index contributed by atoms with van der Waals surface area (Å²) in [6.45, 7) is 8.10. The van der Waals surface area contributed by atoms with Crippen LogP contribution in [0.1, 0.15) is 30.7 Å². The summed E-state index contributed by atoms with van der Waals surface area (Å²) >= 11 is 0. The molecule has 0 aliphatic carbocycles. The number of hydrogen-bond acceptors (Lipinski definition) is 5. The molecule has 5 nitrogen and oxygen atoms in total. The van der Waals surface area contributed by atoms with Gasteiger partial charge in [0.2, 0.25) is 0 Å². The van der Waals surface area contributed by atoms with Crippen molar-refractivity contribution in [3.63, 3.8) is 0 Å². The number of aromatic nitrogens is 1. The molecule has 1 heterocycles. The van der Waals surface area contributed by atoms with Crippen LogP contribution < -0.4 is 4.74 Å². The summed E-state index contributed by atoms with van der Waals surface area (Å²) in [6, 6.07) is 0. The number of rotatable bonds is 7. The van der Waals surface area contributed by atoms with Crippen molar-refractivity contribution < 1.29 is 18.3 Å². The van der Waals surface area contributed by atoms with Gasteiger partial charge in [0.1, 0.15) is 5.75 Å². The lowest BCUT2D eigenvalue weighted by Gasteiger charge is -2.18. The third kappa shape index (κ3) is 4.03. The van der Waals surface area contributed by atoms with Gasteiger partial charge in [0.05, 0.1) is 32.2 Å². The molecule has 0 aromatic carbocycles. The van der Waals surface area contributed by atoms with Crippen molar-refractivity contribution in [2.24, 2.45) is 0 Å². The van der Waals surface area contributed by atoms with E-state index in [4.69, 9.17) is 13.8 Å². The maximum atomic E-state index is 12.5. The van der Waals surface area contributed by atoms with Crippen LogP contribution in [0.2, 0.25) is 0 Å². The molecule has 1 rings (SSSR count). The molecule has 0 aliphatic rings. The monoisotopic (exact) mass is 287 g/mol. The van der Waals surface area contributed by atoms with E-state index in [0.29, 0.717) is 18.9 Å². The van der Waals surface area contributed by atoms with Crippen LogP contribution in [-0.2, 0) is 19.8 Å². The Bertz CT molecular complexity index is 466. The molecule has 0 aliphatic heterocycles. The highest BCUT2D eigenvalue weighted by Gasteiger charge is 2.26. The fraction of sp³-hybridized carbons (Fsp3) is 0.615. The summed E-state index contributed by atoms with van der Waals surface area (Å²) in [6.07, 6.45) is 1.88. The maximum absolute atomic E-state index is 12.5. The molecule has 0 saturated carbocycles. The van der Waals surface area contributed by atoms with Gasteiger partial charge in [0.15, 0.2) is 0 Å². The van der Waals surface area contributed by atoms with Gasteiger partial charge in [-0.25, -0.2) is 0 Å². The van der Waals surface area contributed by atoms with Gasteiger partial charge in [-0.3, -0.25) is 9.55 Å². The average Bonchev–Trinajstić information content (AvgIpc) is 2.34. The molecule has 108 valence electrons. The number of hydrogen-bond donors (Lipinski definition) is 0. The third-order valence-corrected chi connectivity index (χ3v) is 4.73. The average molecular weight is 287 g/mol. The van der Waals surface area contributed by atoms with Crippen LogP contribution in [0.4, 0.5) is 0 Å². The van der Waals surface area contributed by atoms with E-state index in [1.165, 1.54) is 0 Å². The van der Waals surface area contributed by atoms with Gasteiger partial charge in [0, 0.05) is 17.3 Å². The zero-order valence-electron chi connectivity index (χ0n) is 12.2. The lowest BCUT2D eigenvalue weighted by molar-refractivity contribution is 0.219. The van der Waals surface area contributed by atoms with Crippen molar-refractivity contribution in [2.75, 3.05) is 20.3 Å². The largest absolute Gasteiger partial charge is 0.496 e. The van der Waals surface area contributed by atoms with Gasteiger partial charge in [-0.2, -0.15) is 0 Å². The van der Waals surface area contributed by atoms with Gasteiger partial charge in [-0.1, -0.05) is 0 Å². The number of ether oxygens (including phenoxy) is 1. The molecule has 1 aromatic heterocycles. The van der Waals surface area contributed by atoms with E-state index in [9.17, 15) is 4.57 Å². The van der Waals surface area contributed by atoms with E-state index < -0.39 is 7.60 Å². The molecule has 0 spiro atoms. The SMILES string of the molecule is CCOP(=O)(Cc1ncc(C)c(OC)c1C)OCC. The van der Waals surface area contributed by atoms with E-state index in [1.807, 2.05) is 13.8 Å². The zero-order chi connectivity index (χ0) is 14.5. The van der Waals surface area contributed by atoms with Crippen LogP contribution in [0.25, 0.3) is 0 Å². The summed E-state index contributed by atoms with van der Waals surface area (Å²) in [4.78, 5) is 4.32. The number of aryl methyl sites for hydroxylation is 1. The minimum absolute atomic E-state index is 0.164. The van der Waals surface area contributed by atoms with Crippen molar-refractivity contribution in [2.45, 2.75) is 33.9 Å². The first-order chi connectivity index (χ1) is 8.97. The standard InChI is InChI=1S/C13H22NO4P/c1-6-17-19(15,18-7-2)9-12-11(4)13(16-5)10(3)8-14-12/h8H,6-7,9H2,1-5H3. The Kier molecular flexibility index (Phi) is 5.98. The van der Waals surface area contributed by atoms with Gasteiger partial charge in [0.25, 0.3) is 0 Å². The molecule has 0 fully saturated rings. The first-order valence-corrected chi connectivity index (χ1v) is 8.07. The Morgan fingerprint density at radius 3 is 2.26 bits per heavy atom. The Morgan fingerprint density at radius 2 is 1.79 bits per heavy atom. The molecular formula is C13H22NO4P. The van der Waals surface area contributed by atoms with E-state index in [0.717, 1.165) is 16.9 Å². The topological polar surface area (TPSA) is 57.7 Å². The maximum Gasteiger partial charge on any atom is 0.336 e. The van der Waals surface area contributed by atoms with Gasteiger partial charge < -0.3 is 13.8 Å². The molecule has 1 aromatic rings. The first-order valence-electron chi connectivity index (χ1n) is 6.34. The lowest BCUT2D eigenvalue weighted by atomic mass is 10.1. The first kappa shape index (κ1) is 16.2. The van der Waals surface area contributed by atoms with Crippen LogP contribution in [0.15, 0.2) is 6.20 Å². The highest BCUT2D eigenvalue weighted by molar-refractivity contribution is 7.53. The summed E-state index contributed by atoms with van der Waals surface area (Å²) in [7, 11) is -1.52. The summed E-state index contributed by atoms with van der Waals surface area (Å²) in [5.74, 6) is 0.768. The highest BCUT2D eigenvalue weighted by Crippen LogP contribution is 2.51. The Morgan fingerprint density at radius 1 is 1.21 bits per heavy atom. The van der Waals surface area contributed by atoms with Gasteiger partial charge in [-0.15, -0.1) is 0 Å². The van der Waals surface area contributed by atoms with E-state index >= 15 is 0 Å². The summed E-state index contributed by atoms with van der Waals surface area (Å²) in [5.41, 5.74) is 2.52. The Balaban J connectivity index is 3.07. The van der Waals surface area contributed by atoms with Gasteiger partial charge >= 0.3 is 7.60 Å². The molecular weight excluding hydrogens is 265 g/mol. The smallest absolute Gasteiger partial charge is 0.336 e. The molecule has 0 unspecified atom stereocenters. The van der Waals surface area contributed by atoms with Crippen molar-refractivity contribution in [1.29, 1.82) is 0 Å². The second kappa shape index (κ2) is 7.04. The molecule has 0 N–H and O–H groups in total. The molecule has 0 atom stereocenters.